The number of anilines is 1. The summed E-state index contributed by atoms with van der Waals surface area (Å²) in [6.45, 7) is 0. The molecule has 11 heteroatoms. The number of nitro groups is 1. The number of rotatable bonds is 9. The van der Waals surface area contributed by atoms with Crippen LogP contribution in [0.25, 0.3) is 23.0 Å². The number of amides is 1. The maximum atomic E-state index is 13.9. The summed E-state index contributed by atoms with van der Waals surface area (Å²) in [4.78, 5) is 26.2. The van der Waals surface area contributed by atoms with Crippen LogP contribution in [-0.4, -0.2) is 39.2 Å². The van der Waals surface area contributed by atoms with Crippen LogP contribution >= 0.6 is 23.4 Å². The number of hydrogen-bond acceptors (Lipinski definition) is 7. The monoisotopic (exact) mass is 621 g/mol. The van der Waals surface area contributed by atoms with E-state index in [0.29, 0.717) is 44.6 Å². The van der Waals surface area contributed by atoms with Gasteiger partial charge in [0.15, 0.2) is 5.75 Å². The van der Waals surface area contributed by atoms with Crippen LogP contribution in [0.2, 0.25) is 5.02 Å². The van der Waals surface area contributed by atoms with E-state index < -0.39 is 4.92 Å². The molecule has 0 saturated heterocycles. The van der Waals surface area contributed by atoms with Crippen molar-refractivity contribution < 1.29 is 14.5 Å². The van der Waals surface area contributed by atoms with E-state index in [2.05, 4.69) is 0 Å². The van der Waals surface area contributed by atoms with Gasteiger partial charge in [0, 0.05) is 39.1 Å². The second kappa shape index (κ2) is 12.6. The molecule has 1 aliphatic rings. The number of nitro benzene ring substituents is 1. The summed E-state index contributed by atoms with van der Waals surface area (Å²) < 4.78 is 6.89. The molecule has 1 aliphatic heterocycles. The van der Waals surface area contributed by atoms with E-state index in [9.17, 15) is 14.9 Å². The fraction of sp³-hybridized carbons (Fsp3) is 0.0606. The minimum atomic E-state index is -0.494. The zero-order valence-corrected chi connectivity index (χ0v) is 24.9. The summed E-state index contributed by atoms with van der Waals surface area (Å²) in [5.74, 6) is 0.264. The number of para-hydroxylation sites is 2. The van der Waals surface area contributed by atoms with Crippen LogP contribution in [0.3, 0.4) is 0 Å². The molecule has 218 valence electrons. The Hall–Kier alpha value is -5.19. The highest BCUT2D eigenvalue weighted by Crippen LogP contribution is 2.35. The zero-order chi connectivity index (χ0) is 30.6. The van der Waals surface area contributed by atoms with Crippen molar-refractivity contribution in [1.82, 2.24) is 9.78 Å². The zero-order valence-electron chi connectivity index (χ0n) is 23.3. The van der Waals surface area contributed by atoms with Crippen molar-refractivity contribution in [3.8, 4) is 22.7 Å². The van der Waals surface area contributed by atoms with Gasteiger partial charge in [-0.15, -0.1) is 11.8 Å². The lowest BCUT2D eigenvalue weighted by molar-refractivity contribution is -0.385. The first kappa shape index (κ1) is 28.9. The lowest BCUT2D eigenvalue weighted by Gasteiger charge is -2.11. The Morgan fingerprint density at radius 3 is 2.30 bits per heavy atom. The maximum absolute atomic E-state index is 13.9. The number of benzene rings is 4. The molecule has 2 heterocycles. The third-order valence-electron chi connectivity index (χ3n) is 6.86. The molecule has 0 unspecified atom stereocenters. The first-order valence-electron chi connectivity index (χ1n) is 13.5. The molecule has 1 aromatic heterocycles. The Bertz CT molecular complexity index is 1910. The van der Waals surface area contributed by atoms with Crippen LogP contribution in [0.5, 0.6) is 5.75 Å². The molecule has 6 rings (SSSR count). The Morgan fingerprint density at radius 1 is 0.955 bits per heavy atom. The highest BCUT2D eigenvalue weighted by atomic mass is 35.5. The first-order chi connectivity index (χ1) is 21.4. The molecule has 0 spiro atoms. The number of hydrazone groups is 1. The summed E-state index contributed by atoms with van der Waals surface area (Å²) in [5.41, 5.74) is 3.77. The van der Waals surface area contributed by atoms with E-state index in [1.165, 1.54) is 29.9 Å². The fourth-order valence-electron chi connectivity index (χ4n) is 4.70. The number of carbonyl (C=O) groups excluding carboxylic acids is 1. The van der Waals surface area contributed by atoms with E-state index in [1.54, 1.807) is 29.1 Å². The van der Waals surface area contributed by atoms with E-state index in [-0.39, 0.29) is 17.3 Å². The van der Waals surface area contributed by atoms with Crippen molar-refractivity contribution in [1.29, 1.82) is 0 Å². The highest BCUT2D eigenvalue weighted by Gasteiger charge is 2.32. The molecule has 4 aromatic carbocycles. The number of halogens is 1. The number of methoxy groups -OCH3 is 1. The van der Waals surface area contributed by atoms with Crippen molar-refractivity contribution in [3.05, 3.63) is 136 Å². The number of nitrogens with zero attached hydrogens (tertiary/aromatic N) is 5. The van der Waals surface area contributed by atoms with Gasteiger partial charge in [-0.2, -0.15) is 15.2 Å². The molecule has 0 aliphatic carbocycles. The third-order valence-corrected chi connectivity index (χ3v) is 8.13. The summed E-state index contributed by atoms with van der Waals surface area (Å²) in [7, 11) is 1.38. The second-order valence-electron chi connectivity index (χ2n) is 9.66. The van der Waals surface area contributed by atoms with E-state index in [1.807, 2.05) is 84.9 Å². The molecule has 0 atom stereocenters. The Balaban J connectivity index is 1.46. The maximum Gasteiger partial charge on any atom is 0.311 e. The van der Waals surface area contributed by atoms with Crippen LogP contribution < -0.4 is 9.75 Å². The number of aromatic nitrogens is 2. The number of carbonyl (C=O) groups is 1. The van der Waals surface area contributed by atoms with Crippen LogP contribution in [0, 0.1) is 10.1 Å². The predicted octanol–water partition coefficient (Wildman–Crippen LogP) is 7.69. The molecule has 1 amide bonds. The van der Waals surface area contributed by atoms with Crippen LogP contribution in [0.4, 0.5) is 11.4 Å². The summed E-state index contributed by atoms with van der Waals surface area (Å²) in [5, 5.41) is 23.4. The lowest BCUT2D eigenvalue weighted by Crippen LogP contribution is -2.21. The Morgan fingerprint density at radius 2 is 1.64 bits per heavy atom. The molecule has 9 nitrogen and oxygen atoms in total. The van der Waals surface area contributed by atoms with Gasteiger partial charge >= 0.3 is 5.69 Å². The summed E-state index contributed by atoms with van der Waals surface area (Å²) >= 11 is 7.60. The fourth-order valence-corrected chi connectivity index (χ4v) is 5.67. The quantitative estimate of drug-likeness (QED) is 0.0723. The molecule has 0 radical (unpaired) electrons. The van der Waals surface area contributed by atoms with Crippen molar-refractivity contribution in [2.45, 2.75) is 4.90 Å². The summed E-state index contributed by atoms with van der Waals surface area (Å²) in [6.07, 6.45) is 3.56. The van der Waals surface area contributed by atoms with Gasteiger partial charge in [0.25, 0.3) is 5.91 Å². The minimum absolute atomic E-state index is 0.138. The molecule has 0 bridgehead atoms. The standard InChI is InChI=1S/C33H24ClN5O4S/c1-43-31-17-12-22(19-30(31)39(41)42)32-23(20-37(36-32)25-8-4-2-5-9-25)18-28-29(21-44-27-15-13-24(34)14-16-27)35-38(33(28)40)26-10-6-3-7-11-26/h2-20H,21H2,1H3. The Kier molecular flexibility index (Phi) is 8.27. The number of thioether (sulfide) groups is 1. The van der Waals surface area contributed by atoms with E-state index in [4.69, 9.17) is 26.5 Å². The van der Waals surface area contributed by atoms with Gasteiger partial charge in [0.1, 0.15) is 5.69 Å². The van der Waals surface area contributed by atoms with Crippen molar-refractivity contribution in [3.63, 3.8) is 0 Å². The highest BCUT2D eigenvalue weighted by molar-refractivity contribution is 8.00. The molecule has 5 aromatic rings. The number of hydrogen-bond donors (Lipinski definition) is 0. The first-order valence-corrected chi connectivity index (χ1v) is 14.8. The van der Waals surface area contributed by atoms with Gasteiger partial charge < -0.3 is 4.74 Å². The molecule has 44 heavy (non-hydrogen) atoms. The molecule has 0 saturated carbocycles. The Labute approximate surface area is 262 Å². The third kappa shape index (κ3) is 5.98. The van der Waals surface area contributed by atoms with Gasteiger partial charge in [-0.25, -0.2) is 4.68 Å². The normalized spacial score (nSPS) is 13.8. The largest absolute Gasteiger partial charge is 0.490 e. The van der Waals surface area contributed by atoms with Gasteiger partial charge in [-0.1, -0.05) is 48.0 Å². The van der Waals surface area contributed by atoms with Crippen molar-refractivity contribution in [2.75, 3.05) is 17.9 Å². The van der Waals surface area contributed by atoms with E-state index >= 15 is 0 Å². The number of ether oxygens (including phenoxy) is 1. The molecule has 0 fully saturated rings. The average molecular weight is 622 g/mol. The molecular formula is C33H24ClN5O4S. The SMILES string of the molecule is COc1ccc(-c2nn(-c3ccccc3)cc2C=C2C(=O)N(c3ccccc3)N=C2CSc2ccc(Cl)cc2)cc1[N+](=O)[O-]. The topological polar surface area (TPSA) is 103 Å². The summed E-state index contributed by atoms with van der Waals surface area (Å²) in [6, 6.07) is 30.9. The van der Waals surface area contributed by atoms with Gasteiger partial charge in [-0.3, -0.25) is 14.9 Å². The van der Waals surface area contributed by atoms with E-state index in [0.717, 1.165) is 10.6 Å². The molecular weight excluding hydrogens is 598 g/mol. The van der Waals surface area contributed by atoms with Crippen LogP contribution in [0.15, 0.2) is 125 Å². The van der Waals surface area contributed by atoms with Gasteiger partial charge in [0.05, 0.1) is 34.7 Å². The second-order valence-corrected chi connectivity index (χ2v) is 11.1. The average Bonchev–Trinajstić information content (AvgIpc) is 3.62. The molecule has 0 N–H and O–H groups in total. The smallest absolute Gasteiger partial charge is 0.311 e. The lowest BCUT2D eigenvalue weighted by atomic mass is 10.0. The van der Waals surface area contributed by atoms with Gasteiger partial charge in [0.2, 0.25) is 0 Å². The van der Waals surface area contributed by atoms with Crippen LogP contribution in [0.1, 0.15) is 5.56 Å². The van der Waals surface area contributed by atoms with Crippen molar-refractivity contribution >= 4 is 52.4 Å². The van der Waals surface area contributed by atoms with Crippen molar-refractivity contribution in [2.24, 2.45) is 5.10 Å². The van der Waals surface area contributed by atoms with Crippen LogP contribution in [-0.2, 0) is 4.79 Å². The predicted molar refractivity (Wildman–Crippen MR) is 174 cm³/mol. The van der Waals surface area contributed by atoms with Gasteiger partial charge in [-0.05, 0) is 66.7 Å². The minimum Gasteiger partial charge on any atom is -0.490 e.